The molecule has 1 aromatic carbocycles. The van der Waals surface area contributed by atoms with Crippen LogP contribution in [0.5, 0.6) is 5.75 Å². The molecule has 1 fully saturated rings. The smallest absolute Gasteiger partial charge is 0.250 e. The summed E-state index contributed by atoms with van der Waals surface area (Å²) in [6.45, 7) is 0. The molecule has 0 aliphatic heterocycles. The molecule has 0 atom stereocenters. The van der Waals surface area contributed by atoms with Crippen LogP contribution in [0.2, 0.25) is 0 Å². The molecule has 1 amide bonds. The van der Waals surface area contributed by atoms with Gasteiger partial charge in [0.1, 0.15) is 10.8 Å². The molecule has 1 heterocycles. The fraction of sp³-hybridized carbons (Fsp3) is 0.267. The van der Waals surface area contributed by atoms with Crippen LogP contribution in [0.1, 0.15) is 29.3 Å². The van der Waals surface area contributed by atoms with E-state index in [9.17, 15) is 4.79 Å². The van der Waals surface area contributed by atoms with Gasteiger partial charge in [-0.3, -0.25) is 10.1 Å². The predicted molar refractivity (Wildman–Crippen MR) is 90.2 cm³/mol. The molecular weight excluding hydrogens is 366 g/mol. The number of methoxy groups -OCH3 is 1. The summed E-state index contributed by atoms with van der Waals surface area (Å²) < 4.78 is 6.01. The number of aromatic nitrogens is 2. The van der Waals surface area contributed by atoms with Crippen LogP contribution >= 0.6 is 27.3 Å². The van der Waals surface area contributed by atoms with Crippen molar-refractivity contribution in [2.45, 2.75) is 18.8 Å². The highest BCUT2D eigenvalue weighted by atomic mass is 79.9. The average molecular weight is 380 g/mol. The van der Waals surface area contributed by atoms with Gasteiger partial charge in [0.15, 0.2) is 0 Å². The van der Waals surface area contributed by atoms with Gasteiger partial charge in [-0.1, -0.05) is 17.4 Å². The Balaban J connectivity index is 1.61. The zero-order valence-corrected chi connectivity index (χ0v) is 14.3. The lowest BCUT2D eigenvalue weighted by Gasteiger charge is -2.03. The van der Waals surface area contributed by atoms with Crippen molar-refractivity contribution < 1.29 is 9.53 Å². The lowest BCUT2D eigenvalue weighted by molar-refractivity contribution is -0.111. The van der Waals surface area contributed by atoms with Crippen molar-refractivity contribution in [1.82, 2.24) is 10.2 Å². The maximum atomic E-state index is 11.9. The topological polar surface area (TPSA) is 64.1 Å². The van der Waals surface area contributed by atoms with Crippen LogP contribution in [0.3, 0.4) is 0 Å². The predicted octanol–water partition coefficient (Wildman–Crippen LogP) is 3.84. The number of carbonyl (C=O) groups excluding carboxylic acids is 1. The second-order valence-electron chi connectivity index (χ2n) is 4.94. The Labute approximate surface area is 140 Å². The maximum absolute atomic E-state index is 11.9. The number of rotatable bonds is 5. The highest BCUT2D eigenvalue weighted by molar-refractivity contribution is 9.10. The molecule has 5 nitrogen and oxygen atoms in total. The number of ether oxygens (including phenoxy) is 1. The van der Waals surface area contributed by atoms with Gasteiger partial charge in [-0.15, -0.1) is 10.2 Å². The van der Waals surface area contributed by atoms with Crippen LogP contribution in [0.25, 0.3) is 6.08 Å². The third-order valence-electron chi connectivity index (χ3n) is 3.20. The molecule has 7 heteroatoms. The molecule has 0 bridgehead atoms. The Kier molecular flexibility index (Phi) is 4.54. The SMILES string of the molecule is COc1ccc(/C=C/C(=O)Nc2nnc(C3CC3)s2)cc1Br. The Bertz CT molecular complexity index is 725. The van der Waals surface area contributed by atoms with Gasteiger partial charge in [0.05, 0.1) is 11.6 Å². The summed E-state index contributed by atoms with van der Waals surface area (Å²) in [4.78, 5) is 11.9. The molecule has 1 aliphatic rings. The zero-order valence-electron chi connectivity index (χ0n) is 11.9. The van der Waals surface area contributed by atoms with E-state index in [4.69, 9.17) is 4.74 Å². The quantitative estimate of drug-likeness (QED) is 0.801. The van der Waals surface area contributed by atoms with Crippen LogP contribution in [0.15, 0.2) is 28.7 Å². The van der Waals surface area contributed by atoms with E-state index >= 15 is 0 Å². The Hall–Kier alpha value is -1.73. The first kappa shape index (κ1) is 15.2. The lowest BCUT2D eigenvalue weighted by Crippen LogP contribution is -2.07. The molecule has 0 saturated heterocycles. The van der Waals surface area contributed by atoms with Crippen molar-refractivity contribution in [3.63, 3.8) is 0 Å². The third kappa shape index (κ3) is 3.72. The second-order valence-corrected chi connectivity index (χ2v) is 6.80. The molecule has 1 N–H and O–H groups in total. The first-order valence-corrected chi connectivity index (χ1v) is 8.42. The van der Waals surface area contributed by atoms with Crippen molar-refractivity contribution in [1.29, 1.82) is 0 Å². The number of nitrogens with zero attached hydrogens (tertiary/aromatic N) is 2. The van der Waals surface area contributed by atoms with Crippen molar-refractivity contribution >= 4 is 44.4 Å². The van der Waals surface area contributed by atoms with E-state index in [-0.39, 0.29) is 5.91 Å². The van der Waals surface area contributed by atoms with E-state index in [0.717, 1.165) is 20.8 Å². The van der Waals surface area contributed by atoms with Crippen LogP contribution in [-0.4, -0.2) is 23.2 Å². The molecule has 1 saturated carbocycles. The molecule has 3 rings (SSSR count). The maximum Gasteiger partial charge on any atom is 0.250 e. The number of halogens is 1. The largest absolute Gasteiger partial charge is 0.496 e. The number of nitrogens with one attached hydrogen (secondary N) is 1. The first-order chi connectivity index (χ1) is 10.7. The highest BCUT2D eigenvalue weighted by Gasteiger charge is 2.27. The third-order valence-corrected chi connectivity index (χ3v) is 4.82. The molecular formula is C15H14BrN3O2S. The summed E-state index contributed by atoms with van der Waals surface area (Å²) in [5.41, 5.74) is 0.902. The van der Waals surface area contributed by atoms with Gasteiger partial charge in [-0.05, 0) is 52.5 Å². The van der Waals surface area contributed by atoms with Gasteiger partial charge in [-0.2, -0.15) is 0 Å². The Morgan fingerprint density at radius 1 is 1.45 bits per heavy atom. The highest BCUT2D eigenvalue weighted by Crippen LogP contribution is 2.42. The van der Waals surface area contributed by atoms with Gasteiger partial charge in [-0.25, -0.2) is 0 Å². The number of benzene rings is 1. The van der Waals surface area contributed by atoms with Crippen LogP contribution < -0.4 is 10.1 Å². The van der Waals surface area contributed by atoms with Crippen molar-refractivity contribution in [2.24, 2.45) is 0 Å². The van der Waals surface area contributed by atoms with Gasteiger partial charge in [0.2, 0.25) is 11.0 Å². The molecule has 22 heavy (non-hydrogen) atoms. The number of carbonyl (C=O) groups is 1. The van der Waals surface area contributed by atoms with Crippen LogP contribution in [0.4, 0.5) is 5.13 Å². The van der Waals surface area contributed by atoms with Crippen molar-refractivity contribution in [3.8, 4) is 5.75 Å². The molecule has 2 aromatic rings. The summed E-state index contributed by atoms with van der Waals surface area (Å²) in [7, 11) is 1.61. The minimum Gasteiger partial charge on any atom is -0.496 e. The van der Waals surface area contributed by atoms with E-state index < -0.39 is 0 Å². The molecule has 1 aliphatic carbocycles. The molecule has 0 unspecified atom stereocenters. The number of hydrogen-bond acceptors (Lipinski definition) is 5. The zero-order chi connectivity index (χ0) is 15.5. The fourth-order valence-corrected chi connectivity index (χ4v) is 3.36. The van der Waals surface area contributed by atoms with Crippen molar-refractivity contribution in [3.05, 3.63) is 39.3 Å². The summed E-state index contributed by atoms with van der Waals surface area (Å²) in [6.07, 6.45) is 5.57. The normalized spacial score (nSPS) is 14.3. The van der Waals surface area contributed by atoms with Gasteiger partial charge in [0, 0.05) is 12.0 Å². The monoisotopic (exact) mass is 379 g/mol. The summed E-state index contributed by atoms with van der Waals surface area (Å²) >= 11 is 4.86. The molecule has 0 spiro atoms. The second kappa shape index (κ2) is 6.58. The first-order valence-electron chi connectivity index (χ1n) is 6.81. The van der Waals surface area contributed by atoms with E-state index in [1.165, 1.54) is 30.3 Å². The number of hydrogen-bond donors (Lipinski definition) is 1. The molecule has 0 radical (unpaired) electrons. The summed E-state index contributed by atoms with van der Waals surface area (Å²) in [5, 5.41) is 12.4. The van der Waals surface area contributed by atoms with E-state index in [0.29, 0.717) is 11.0 Å². The minimum atomic E-state index is -0.217. The van der Waals surface area contributed by atoms with Gasteiger partial charge < -0.3 is 4.74 Å². The van der Waals surface area contributed by atoms with Crippen LogP contribution in [0, 0.1) is 0 Å². The van der Waals surface area contributed by atoms with E-state index in [2.05, 4.69) is 31.4 Å². The standard InChI is InChI=1S/C15H14BrN3O2S/c1-21-12-6-2-9(8-11(12)16)3-7-13(20)17-15-19-18-14(22-15)10-4-5-10/h2-3,6-8,10H,4-5H2,1H3,(H,17,19,20)/b7-3+. The van der Waals surface area contributed by atoms with Gasteiger partial charge >= 0.3 is 0 Å². The fourth-order valence-electron chi connectivity index (χ4n) is 1.89. The van der Waals surface area contributed by atoms with Crippen LogP contribution in [-0.2, 0) is 4.79 Å². The Morgan fingerprint density at radius 2 is 2.27 bits per heavy atom. The van der Waals surface area contributed by atoms with E-state index in [1.54, 1.807) is 13.2 Å². The summed E-state index contributed by atoms with van der Waals surface area (Å²) in [6, 6.07) is 5.61. The average Bonchev–Trinajstić information content (AvgIpc) is 3.26. The molecule has 114 valence electrons. The Morgan fingerprint density at radius 3 is 2.95 bits per heavy atom. The van der Waals surface area contributed by atoms with Gasteiger partial charge in [0.25, 0.3) is 0 Å². The minimum absolute atomic E-state index is 0.217. The van der Waals surface area contributed by atoms with E-state index in [1.807, 2.05) is 18.2 Å². The number of amides is 1. The van der Waals surface area contributed by atoms with Crippen molar-refractivity contribution in [2.75, 3.05) is 12.4 Å². The molecule has 1 aromatic heterocycles. The number of anilines is 1. The lowest BCUT2D eigenvalue weighted by atomic mass is 10.2. The summed E-state index contributed by atoms with van der Waals surface area (Å²) in [5.74, 6) is 1.09.